The number of hydrogen-bond acceptors (Lipinski definition) is 6. The first kappa shape index (κ1) is 18.2. The van der Waals surface area contributed by atoms with E-state index in [9.17, 15) is 9.59 Å². The van der Waals surface area contributed by atoms with Gasteiger partial charge in [0.05, 0.1) is 16.7 Å². The lowest BCUT2D eigenvalue weighted by molar-refractivity contribution is -0.118. The van der Waals surface area contributed by atoms with E-state index in [0.717, 1.165) is 24.3 Å². The van der Waals surface area contributed by atoms with Crippen molar-refractivity contribution in [2.45, 2.75) is 18.0 Å². The van der Waals surface area contributed by atoms with E-state index in [1.165, 1.54) is 11.8 Å². The smallest absolute Gasteiger partial charge is 0.259 e. The predicted molar refractivity (Wildman–Crippen MR) is 107 cm³/mol. The maximum absolute atomic E-state index is 12.1. The zero-order valence-electron chi connectivity index (χ0n) is 15.0. The average Bonchev–Trinajstić information content (AvgIpc) is 3.13. The lowest BCUT2D eigenvalue weighted by Gasteiger charge is -2.05. The summed E-state index contributed by atoms with van der Waals surface area (Å²) in [6.45, 7) is 0.544. The molecular formula is C19H18N6O2S. The van der Waals surface area contributed by atoms with E-state index >= 15 is 0 Å². The van der Waals surface area contributed by atoms with Gasteiger partial charge in [0.1, 0.15) is 5.82 Å². The number of H-pyrrole nitrogens is 1. The number of pyridine rings is 1. The minimum atomic E-state index is -0.200. The van der Waals surface area contributed by atoms with Gasteiger partial charge in [-0.1, -0.05) is 30.0 Å². The van der Waals surface area contributed by atoms with Crippen LogP contribution in [0.4, 0.5) is 0 Å². The second-order valence-electron chi connectivity index (χ2n) is 6.18. The first-order valence-electron chi connectivity index (χ1n) is 8.88. The van der Waals surface area contributed by atoms with E-state index in [2.05, 4.69) is 25.5 Å². The maximum atomic E-state index is 12.1. The molecule has 2 N–H and O–H groups in total. The van der Waals surface area contributed by atoms with E-state index in [1.807, 2.05) is 34.9 Å². The normalized spacial score (nSPS) is 11.1. The second-order valence-corrected chi connectivity index (χ2v) is 7.14. The number of thioether (sulfide) groups is 1. The highest BCUT2D eigenvalue weighted by Crippen LogP contribution is 2.14. The first-order chi connectivity index (χ1) is 13.7. The molecule has 0 aliphatic rings. The third-order valence-corrected chi connectivity index (χ3v) is 5.09. The lowest BCUT2D eigenvalue weighted by atomic mass is 10.2. The number of hydrogen-bond donors (Lipinski definition) is 2. The fraction of sp³-hybridized carbons (Fsp3) is 0.211. The van der Waals surface area contributed by atoms with Gasteiger partial charge in [0.2, 0.25) is 5.91 Å². The Labute approximate surface area is 164 Å². The van der Waals surface area contributed by atoms with Gasteiger partial charge in [-0.05, 0) is 30.7 Å². The van der Waals surface area contributed by atoms with Gasteiger partial charge in [0, 0.05) is 19.2 Å². The molecule has 0 fully saturated rings. The number of fused-ring (bicyclic) bond motifs is 2. The van der Waals surface area contributed by atoms with Crippen molar-refractivity contribution < 1.29 is 4.79 Å². The Kier molecular flexibility index (Phi) is 5.34. The van der Waals surface area contributed by atoms with Crippen molar-refractivity contribution in [1.29, 1.82) is 0 Å². The SMILES string of the molecule is O=C(CSc1nc2ccccc2c(=O)[nH]1)NCCCc1nnc2ccccn12. The van der Waals surface area contributed by atoms with Crippen LogP contribution in [0.25, 0.3) is 16.6 Å². The summed E-state index contributed by atoms with van der Waals surface area (Å²) >= 11 is 1.21. The molecule has 3 heterocycles. The Morgan fingerprint density at radius 2 is 2.00 bits per heavy atom. The van der Waals surface area contributed by atoms with Crippen LogP contribution in [0, 0.1) is 0 Å². The Balaban J connectivity index is 1.25. The minimum absolute atomic E-state index is 0.105. The summed E-state index contributed by atoms with van der Waals surface area (Å²) in [6, 6.07) is 12.9. The molecule has 142 valence electrons. The summed E-state index contributed by atoms with van der Waals surface area (Å²) in [6.07, 6.45) is 3.41. The number of aromatic nitrogens is 5. The molecule has 1 amide bonds. The van der Waals surface area contributed by atoms with Gasteiger partial charge < -0.3 is 10.3 Å². The summed E-state index contributed by atoms with van der Waals surface area (Å²) in [5.74, 6) is 0.957. The van der Waals surface area contributed by atoms with Crippen molar-refractivity contribution in [1.82, 2.24) is 29.9 Å². The predicted octanol–water partition coefficient (Wildman–Crippen LogP) is 1.81. The van der Waals surface area contributed by atoms with Gasteiger partial charge in [-0.3, -0.25) is 14.0 Å². The van der Waals surface area contributed by atoms with Crippen molar-refractivity contribution in [2.75, 3.05) is 12.3 Å². The van der Waals surface area contributed by atoms with E-state index < -0.39 is 0 Å². The molecule has 0 bridgehead atoms. The summed E-state index contributed by atoms with van der Waals surface area (Å²) < 4.78 is 1.94. The third-order valence-electron chi connectivity index (χ3n) is 4.21. The summed E-state index contributed by atoms with van der Waals surface area (Å²) in [5.41, 5.74) is 1.23. The Hall–Kier alpha value is -3.20. The molecule has 0 radical (unpaired) electrons. The molecule has 4 rings (SSSR count). The second kappa shape index (κ2) is 8.22. The van der Waals surface area contributed by atoms with Crippen LogP contribution in [0.3, 0.4) is 0 Å². The standard InChI is InChI=1S/C19H18N6O2S/c26-17(12-28-19-21-14-7-2-1-6-13(14)18(27)22-19)20-10-5-9-16-24-23-15-8-3-4-11-25(15)16/h1-4,6-8,11H,5,9-10,12H2,(H,20,26)(H,21,22,27). The zero-order valence-corrected chi connectivity index (χ0v) is 15.8. The van der Waals surface area contributed by atoms with Crippen LogP contribution in [0.2, 0.25) is 0 Å². The number of aromatic amines is 1. The number of amides is 1. The summed E-state index contributed by atoms with van der Waals surface area (Å²) in [7, 11) is 0. The fourth-order valence-corrected chi connectivity index (χ4v) is 3.55. The highest BCUT2D eigenvalue weighted by atomic mass is 32.2. The van der Waals surface area contributed by atoms with Crippen LogP contribution in [0.1, 0.15) is 12.2 Å². The average molecular weight is 394 g/mol. The number of nitrogens with one attached hydrogen (secondary N) is 2. The highest BCUT2D eigenvalue weighted by molar-refractivity contribution is 7.99. The number of aryl methyl sites for hydroxylation is 1. The number of carbonyl (C=O) groups excluding carboxylic acids is 1. The number of carbonyl (C=O) groups is 1. The molecule has 0 spiro atoms. The molecule has 9 heteroatoms. The molecule has 1 aromatic carbocycles. The molecule has 0 aliphatic carbocycles. The van der Waals surface area contributed by atoms with Gasteiger partial charge in [-0.15, -0.1) is 10.2 Å². The Bertz CT molecular complexity index is 1190. The molecule has 0 saturated heterocycles. The number of rotatable bonds is 7. The molecule has 8 nitrogen and oxygen atoms in total. The number of nitrogens with zero attached hydrogens (tertiary/aromatic N) is 4. The van der Waals surface area contributed by atoms with Crippen molar-refractivity contribution in [3.05, 3.63) is 64.8 Å². The minimum Gasteiger partial charge on any atom is -0.355 e. The molecule has 0 atom stereocenters. The van der Waals surface area contributed by atoms with Crippen LogP contribution in [0.15, 0.2) is 58.6 Å². The van der Waals surface area contributed by atoms with Gasteiger partial charge in [0.15, 0.2) is 10.8 Å². The van der Waals surface area contributed by atoms with Crippen molar-refractivity contribution >= 4 is 34.2 Å². The maximum Gasteiger partial charge on any atom is 0.259 e. The van der Waals surface area contributed by atoms with Crippen molar-refractivity contribution in [3.63, 3.8) is 0 Å². The molecule has 0 unspecified atom stereocenters. The van der Waals surface area contributed by atoms with Crippen LogP contribution in [0.5, 0.6) is 0 Å². The van der Waals surface area contributed by atoms with Crippen LogP contribution in [-0.2, 0) is 11.2 Å². The van der Waals surface area contributed by atoms with E-state index in [-0.39, 0.29) is 17.2 Å². The Morgan fingerprint density at radius 3 is 2.93 bits per heavy atom. The molecular weight excluding hydrogens is 376 g/mol. The topological polar surface area (TPSA) is 105 Å². The number of benzene rings is 1. The molecule has 0 aliphatic heterocycles. The van der Waals surface area contributed by atoms with Gasteiger partial charge in [0.25, 0.3) is 5.56 Å². The Morgan fingerprint density at radius 1 is 1.14 bits per heavy atom. The van der Waals surface area contributed by atoms with Gasteiger partial charge in [-0.25, -0.2) is 4.98 Å². The van der Waals surface area contributed by atoms with Crippen molar-refractivity contribution in [2.24, 2.45) is 0 Å². The lowest BCUT2D eigenvalue weighted by Crippen LogP contribution is -2.26. The zero-order chi connectivity index (χ0) is 19.3. The molecule has 3 aromatic heterocycles. The monoisotopic (exact) mass is 394 g/mol. The van der Waals surface area contributed by atoms with Crippen LogP contribution in [-0.4, -0.2) is 42.8 Å². The first-order valence-corrected chi connectivity index (χ1v) is 9.86. The highest BCUT2D eigenvalue weighted by Gasteiger charge is 2.08. The molecule has 0 saturated carbocycles. The quantitative estimate of drug-likeness (QED) is 0.281. The molecule has 28 heavy (non-hydrogen) atoms. The third kappa shape index (κ3) is 4.04. The van der Waals surface area contributed by atoms with E-state index in [4.69, 9.17) is 0 Å². The summed E-state index contributed by atoms with van der Waals surface area (Å²) in [5, 5.41) is 12.1. The summed E-state index contributed by atoms with van der Waals surface area (Å²) in [4.78, 5) is 31.2. The van der Waals surface area contributed by atoms with Crippen molar-refractivity contribution in [3.8, 4) is 0 Å². The molecule has 4 aromatic rings. The van der Waals surface area contributed by atoms with E-state index in [1.54, 1.807) is 18.2 Å². The van der Waals surface area contributed by atoms with Crippen LogP contribution >= 0.6 is 11.8 Å². The fourth-order valence-electron chi connectivity index (χ4n) is 2.85. The van der Waals surface area contributed by atoms with Gasteiger partial charge >= 0.3 is 0 Å². The van der Waals surface area contributed by atoms with Gasteiger partial charge in [-0.2, -0.15) is 0 Å². The largest absolute Gasteiger partial charge is 0.355 e. The van der Waals surface area contributed by atoms with Crippen LogP contribution < -0.4 is 10.9 Å². The van der Waals surface area contributed by atoms with E-state index in [0.29, 0.717) is 22.6 Å². The number of para-hydroxylation sites is 1.